The van der Waals surface area contributed by atoms with Crippen LogP contribution in [0.5, 0.6) is 0 Å². The molecular formula is C15H15N2O4PS. The van der Waals surface area contributed by atoms with Crippen LogP contribution < -0.4 is 11.0 Å². The van der Waals surface area contributed by atoms with Crippen molar-refractivity contribution in [2.75, 3.05) is 20.0 Å². The van der Waals surface area contributed by atoms with Gasteiger partial charge in [0.25, 0.3) is 0 Å². The van der Waals surface area contributed by atoms with Crippen molar-refractivity contribution in [1.82, 2.24) is 0 Å². The Kier molecular flexibility index (Phi) is 5.03. The minimum absolute atomic E-state index is 0.00106. The first-order valence-electron chi connectivity index (χ1n) is 6.53. The van der Waals surface area contributed by atoms with Crippen LogP contribution in [0.1, 0.15) is 11.1 Å². The molecular weight excluding hydrogens is 335 g/mol. The lowest BCUT2D eigenvalue weighted by atomic mass is 10.1. The van der Waals surface area contributed by atoms with Gasteiger partial charge in [0.2, 0.25) is 5.88 Å². The van der Waals surface area contributed by atoms with Crippen molar-refractivity contribution in [1.29, 1.82) is 5.26 Å². The normalized spacial score (nSPS) is 11.2. The Morgan fingerprint density at radius 1 is 1.26 bits per heavy atom. The third-order valence-electron chi connectivity index (χ3n) is 3.29. The molecule has 0 bridgehead atoms. The maximum absolute atomic E-state index is 12.6. The molecule has 0 amide bonds. The lowest BCUT2D eigenvalue weighted by Gasteiger charge is -2.16. The Hall–Kier alpha value is -1.97. The fourth-order valence-corrected chi connectivity index (χ4v) is 3.83. The van der Waals surface area contributed by atoms with E-state index in [-0.39, 0.29) is 27.0 Å². The molecule has 1 heterocycles. The highest BCUT2D eigenvalue weighted by Crippen LogP contribution is 2.48. The molecule has 1 aromatic heterocycles. The Morgan fingerprint density at radius 3 is 2.30 bits per heavy atom. The molecule has 0 spiro atoms. The minimum atomic E-state index is -3.74. The van der Waals surface area contributed by atoms with Crippen LogP contribution in [0, 0.1) is 22.8 Å². The van der Waals surface area contributed by atoms with Gasteiger partial charge in [-0.25, -0.2) is 0 Å². The van der Waals surface area contributed by atoms with Crippen LogP contribution in [0.3, 0.4) is 0 Å². The van der Waals surface area contributed by atoms with Gasteiger partial charge in [-0.2, -0.15) is 5.26 Å². The highest BCUT2D eigenvalue weighted by Gasteiger charge is 2.33. The first kappa shape index (κ1) is 17.4. The van der Waals surface area contributed by atoms with Gasteiger partial charge in [-0.3, -0.25) is 4.57 Å². The number of rotatable bonds is 4. The summed E-state index contributed by atoms with van der Waals surface area (Å²) in [5, 5.41) is 9.35. The number of hydrogen-bond donors (Lipinski definition) is 1. The zero-order valence-electron chi connectivity index (χ0n) is 12.8. The first-order valence-corrected chi connectivity index (χ1v) is 8.48. The molecule has 8 heteroatoms. The smallest absolute Gasteiger partial charge is 0.367 e. The summed E-state index contributed by atoms with van der Waals surface area (Å²) >= 11 is 5.28. The molecule has 0 fully saturated rings. The van der Waals surface area contributed by atoms with Crippen molar-refractivity contribution in [2.45, 2.75) is 6.92 Å². The van der Waals surface area contributed by atoms with Gasteiger partial charge in [-0.15, -0.1) is 0 Å². The van der Waals surface area contributed by atoms with E-state index in [1.807, 2.05) is 25.1 Å². The van der Waals surface area contributed by atoms with Crippen LogP contribution in [0.25, 0.3) is 11.3 Å². The van der Waals surface area contributed by atoms with E-state index in [2.05, 4.69) is 0 Å². The van der Waals surface area contributed by atoms with E-state index in [4.69, 9.17) is 31.4 Å². The van der Waals surface area contributed by atoms with Crippen molar-refractivity contribution >= 4 is 31.0 Å². The van der Waals surface area contributed by atoms with Crippen LogP contribution in [0.15, 0.2) is 28.7 Å². The molecule has 0 unspecified atom stereocenters. The summed E-state index contributed by atoms with van der Waals surface area (Å²) < 4.78 is 28.0. The van der Waals surface area contributed by atoms with Crippen LogP contribution in [0.4, 0.5) is 5.88 Å². The summed E-state index contributed by atoms with van der Waals surface area (Å²) in [5.41, 5.74) is 7.63. The monoisotopic (exact) mass is 350 g/mol. The topological polar surface area (TPSA) is 98.5 Å². The second-order valence-electron chi connectivity index (χ2n) is 4.69. The van der Waals surface area contributed by atoms with Gasteiger partial charge in [0.1, 0.15) is 16.9 Å². The van der Waals surface area contributed by atoms with Crippen LogP contribution in [-0.2, 0) is 13.6 Å². The second-order valence-corrected chi connectivity index (χ2v) is 7.27. The highest BCUT2D eigenvalue weighted by atomic mass is 32.1. The molecule has 1 aromatic carbocycles. The Morgan fingerprint density at radius 2 is 1.83 bits per heavy atom. The molecule has 0 radical (unpaired) electrons. The molecule has 0 saturated heterocycles. The van der Waals surface area contributed by atoms with Crippen LogP contribution in [0.2, 0.25) is 0 Å². The number of hydrogen-bond acceptors (Lipinski definition) is 7. The quantitative estimate of drug-likeness (QED) is 0.665. The Balaban J connectivity index is 2.81. The van der Waals surface area contributed by atoms with Gasteiger partial charge < -0.3 is 19.2 Å². The molecule has 23 heavy (non-hydrogen) atoms. The van der Waals surface area contributed by atoms with E-state index < -0.39 is 7.60 Å². The van der Waals surface area contributed by atoms with Gasteiger partial charge in [-0.05, 0) is 6.92 Å². The molecule has 0 saturated carbocycles. The number of nitriles is 1. The largest absolute Gasteiger partial charge is 0.438 e. The van der Waals surface area contributed by atoms with E-state index >= 15 is 0 Å². The van der Waals surface area contributed by atoms with Crippen molar-refractivity contribution in [3.8, 4) is 17.4 Å². The Bertz CT molecular complexity index is 876. The molecule has 6 nitrogen and oxygen atoms in total. The molecule has 0 aliphatic rings. The average molecular weight is 350 g/mol. The Labute approximate surface area is 139 Å². The van der Waals surface area contributed by atoms with Crippen molar-refractivity contribution < 1.29 is 18.0 Å². The number of aryl methyl sites for hydroxylation is 1. The standard InChI is InChI=1S/C15H15N2O4PS/c1-9-4-6-10(7-5-9)12-11(8-16)14(23)13(15(17)21-12)22(18,19-2)20-3/h4-7H,17H2,1-3H3. The number of nitrogen functional groups attached to an aromatic ring is 1. The highest BCUT2D eigenvalue weighted by molar-refractivity contribution is 7.73. The predicted molar refractivity (Wildman–Crippen MR) is 90.1 cm³/mol. The fraction of sp³-hybridized carbons (Fsp3) is 0.200. The molecule has 0 atom stereocenters. The van der Waals surface area contributed by atoms with Gasteiger partial charge >= 0.3 is 7.60 Å². The van der Waals surface area contributed by atoms with Crippen molar-refractivity contribution in [2.24, 2.45) is 0 Å². The van der Waals surface area contributed by atoms with Crippen LogP contribution in [-0.4, -0.2) is 14.2 Å². The lowest BCUT2D eigenvalue weighted by Crippen LogP contribution is -2.16. The van der Waals surface area contributed by atoms with Gasteiger partial charge in [0, 0.05) is 19.8 Å². The molecule has 2 rings (SSSR count). The summed E-state index contributed by atoms with van der Waals surface area (Å²) in [6.07, 6.45) is 0. The van der Waals surface area contributed by atoms with E-state index in [0.29, 0.717) is 5.56 Å². The van der Waals surface area contributed by atoms with Gasteiger partial charge in [-0.1, -0.05) is 42.0 Å². The van der Waals surface area contributed by atoms with Crippen molar-refractivity contribution in [3.63, 3.8) is 0 Å². The summed E-state index contributed by atoms with van der Waals surface area (Å²) in [6, 6.07) is 9.29. The maximum Gasteiger partial charge on any atom is 0.367 e. The zero-order chi connectivity index (χ0) is 17.2. The molecule has 2 N–H and O–H groups in total. The van der Waals surface area contributed by atoms with Gasteiger partial charge in [0.05, 0.1) is 4.51 Å². The lowest BCUT2D eigenvalue weighted by molar-refractivity contribution is 0.287. The zero-order valence-corrected chi connectivity index (χ0v) is 14.5. The van der Waals surface area contributed by atoms with Crippen LogP contribution >= 0.6 is 19.8 Å². The summed E-state index contributed by atoms with van der Waals surface area (Å²) in [4.78, 5) is 0. The summed E-state index contributed by atoms with van der Waals surface area (Å²) in [6.45, 7) is 1.94. The van der Waals surface area contributed by atoms with E-state index in [1.165, 1.54) is 14.2 Å². The molecule has 2 aromatic rings. The molecule has 120 valence electrons. The number of nitrogens with zero attached hydrogens (tertiary/aromatic N) is 1. The van der Waals surface area contributed by atoms with E-state index in [1.54, 1.807) is 12.1 Å². The third kappa shape index (κ3) is 3.07. The molecule has 0 aliphatic heterocycles. The van der Waals surface area contributed by atoms with E-state index in [0.717, 1.165) is 5.56 Å². The summed E-state index contributed by atoms with van der Waals surface area (Å²) in [7, 11) is -1.33. The first-order chi connectivity index (χ1) is 10.9. The minimum Gasteiger partial charge on any atom is -0.438 e. The molecule has 0 aliphatic carbocycles. The fourth-order valence-electron chi connectivity index (χ4n) is 2.07. The number of nitrogens with two attached hydrogens (primary N) is 1. The van der Waals surface area contributed by atoms with Gasteiger partial charge in [0.15, 0.2) is 5.76 Å². The summed E-state index contributed by atoms with van der Waals surface area (Å²) in [5.74, 6) is 0.0223. The van der Waals surface area contributed by atoms with E-state index in [9.17, 15) is 9.83 Å². The predicted octanol–water partition coefficient (Wildman–Crippen LogP) is 3.55. The number of anilines is 1. The third-order valence-corrected chi connectivity index (χ3v) is 5.81. The second kappa shape index (κ2) is 6.65. The SMILES string of the molecule is COP(=O)(OC)c1c(N)oc(-c2ccc(C)cc2)c(C#N)c1=S. The maximum atomic E-state index is 12.6. The number of benzene rings is 1. The average Bonchev–Trinajstić information content (AvgIpc) is 2.54. The van der Waals surface area contributed by atoms with Crippen molar-refractivity contribution in [3.05, 3.63) is 39.9 Å².